The van der Waals surface area contributed by atoms with Crippen LogP contribution >= 0.6 is 23.2 Å². The highest BCUT2D eigenvalue weighted by Crippen LogP contribution is 2.25. The Hall–Kier alpha value is -2.75. The number of nitrogens with one attached hydrogen (secondary N) is 1. The number of nitrogens with zero attached hydrogens (tertiary/aromatic N) is 2. The minimum Gasteiger partial charge on any atom is -0.451 e. The quantitative estimate of drug-likeness (QED) is 0.361. The van der Waals surface area contributed by atoms with Gasteiger partial charge in [-0.1, -0.05) is 37.0 Å². The summed E-state index contributed by atoms with van der Waals surface area (Å²) in [4.78, 5) is 24.3. The SMILES string of the molecule is Cc1cc(C=C(C#N)C(=O)OCC(=O)Nc2cc(Cl)ccc2Cl)c(C)n1CC(C)C. The van der Waals surface area contributed by atoms with E-state index >= 15 is 0 Å². The van der Waals surface area contributed by atoms with Gasteiger partial charge in [0.2, 0.25) is 0 Å². The number of carbonyl (C=O) groups is 2. The third-order valence-electron chi connectivity index (χ3n) is 4.34. The second-order valence-corrected chi connectivity index (χ2v) is 8.09. The maximum Gasteiger partial charge on any atom is 0.349 e. The first-order chi connectivity index (χ1) is 14.1. The molecule has 6 nitrogen and oxygen atoms in total. The highest BCUT2D eigenvalue weighted by molar-refractivity contribution is 6.35. The molecule has 0 atom stereocenters. The molecule has 0 aliphatic heterocycles. The van der Waals surface area contributed by atoms with Crippen molar-refractivity contribution in [2.45, 2.75) is 34.2 Å². The Balaban J connectivity index is 2.07. The Morgan fingerprint density at radius 3 is 2.60 bits per heavy atom. The fourth-order valence-corrected chi connectivity index (χ4v) is 3.24. The molecule has 158 valence electrons. The molecule has 0 saturated heterocycles. The van der Waals surface area contributed by atoms with E-state index < -0.39 is 18.5 Å². The Labute approximate surface area is 186 Å². The highest BCUT2D eigenvalue weighted by Gasteiger charge is 2.16. The molecule has 0 fully saturated rings. The summed E-state index contributed by atoms with van der Waals surface area (Å²) in [6, 6.07) is 8.36. The van der Waals surface area contributed by atoms with Crippen molar-refractivity contribution in [2.24, 2.45) is 5.92 Å². The van der Waals surface area contributed by atoms with Crippen LogP contribution in [0, 0.1) is 31.1 Å². The van der Waals surface area contributed by atoms with E-state index in [4.69, 9.17) is 27.9 Å². The van der Waals surface area contributed by atoms with Gasteiger partial charge in [0.1, 0.15) is 11.6 Å². The van der Waals surface area contributed by atoms with Crippen LogP contribution in [-0.4, -0.2) is 23.1 Å². The third-order valence-corrected chi connectivity index (χ3v) is 4.90. The second kappa shape index (κ2) is 10.3. The molecule has 1 amide bonds. The Morgan fingerprint density at radius 1 is 1.27 bits per heavy atom. The Morgan fingerprint density at radius 2 is 1.97 bits per heavy atom. The van der Waals surface area contributed by atoms with Crippen LogP contribution in [0.25, 0.3) is 6.08 Å². The molecule has 2 aromatic rings. The first kappa shape index (κ1) is 23.5. The number of anilines is 1. The largest absolute Gasteiger partial charge is 0.451 e. The summed E-state index contributed by atoms with van der Waals surface area (Å²) in [7, 11) is 0. The van der Waals surface area contributed by atoms with Gasteiger partial charge in [0, 0.05) is 23.0 Å². The number of ether oxygens (including phenoxy) is 1. The second-order valence-electron chi connectivity index (χ2n) is 7.25. The zero-order valence-corrected chi connectivity index (χ0v) is 18.8. The molecule has 30 heavy (non-hydrogen) atoms. The molecule has 0 saturated carbocycles. The molecule has 1 aromatic carbocycles. The number of hydrogen-bond acceptors (Lipinski definition) is 4. The van der Waals surface area contributed by atoms with Gasteiger partial charge in [-0.25, -0.2) is 4.79 Å². The molecule has 0 radical (unpaired) electrons. The number of aryl methyl sites for hydroxylation is 1. The summed E-state index contributed by atoms with van der Waals surface area (Å²) >= 11 is 11.9. The average Bonchev–Trinajstić information content (AvgIpc) is 2.94. The molecule has 1 heterocycles. The summed E-state index contributed by atoms with van der Waals surface area (Å²) in [6.45, 7) is 8.42. The number of benzene rings is 1. The minimum absolute atomic E-state index is 0.187. The fraction of sp³-hybridized carbons (Fsp3) is 0.318. The summed E-state index contributed by atoms with van der Waals surface area (Å²) in [5, 5.41) is 12.6. The normalized spacial score (nSPS) is 11.3. The van der Waals surface area contributed by atoms with Crippen LogP contribution in [0.3, 0.4) is 0 Å². The van der Waals surface area contributed by atoms with Gasteiger partial charge >= 0.3 is 5.97 Å². The molecule has 0 bridgehead atoms. The number of amides is 1. The zero-order chi connectivity index (χ0) is 22.4. The van der Waals surface area contributed by atoms with Crippen LogP contribution in [0.2, 0.25) is 10.0 Å². The number of esters is 1. The van der Waals surface area contributed by atoms with E-state index in [1.807, 2.05) is 26.0 Å². The first-order valence-electron chi connectivity index (χ1n) is 9.33. The number of rotatable bonds is 7. The molecule has 1 aromatic heterocycles. The molecule has 0 spiro atoms. The van der Waals surface area contributed by atoms with Crippen LogP contribution in [0.5, 0.6) is 0 Å². The van der Waals surface area contributed by atoms with E-state index in [0.717, 1.165) is 23.5 Å². The average molecular weight is 448 g/mol. The van der Waals surface area contributed by atoms with Crippen molar-refractivity contribution in [1.29, 1.82) is 5.26 Å². The van der Waals surface area contributed by atoms with E-state index in [1.54, 1.807) is 6.07 Å². The lowest BCUT2D eigenvalue weighted by molar-refractivity contribution is -0.142. The summed E-state index contributed by atoms with van der Waals surface area (Å²) in [5.41, 5.74) is 2.87. The van der Waals surface area contributed by atoms with Gasteiger partial charge in [0.05, 0.1) is 10.7 Å². The van der Waals surface area contributed by atoms with Crippen molar-refractivity contribution in [1.82, 2.24) is 4.57 Å². The van der Waals surface area contributed by atoms with Crippen molar-refractivity contribution in [2.75, 3.05) is 11.9 Å². The molecule has 1 N–H and O–H groups in total. The van der Waals surface area contributed by atoms with E-state index in [1.165, 1.54) is 18.2 Å². The predicted octanol–water partition coefficient (Wildman–Crippen LogP) is 5.16. The molecular weight excluding hydrogens is 425 g/mol. The highest BCUT2D eigenvalue weighted by atomic mass is 35.5. The number of nitriles is 1. The lowest BCUT2D eigenvalue weighted by atomic mass is 10.1. The maximum atomic E-state index is 12.3. The van der Waals surface area contributed by atoms with Gasteiger partial charge in [-0.05, 0) is 55.7 Å². The Bertz CT molecular complexity index is 1030. The monoisotopic (exact) mass is 447 g/mol. The number of aromatic nitrogens is 1. The summed E-state index contributed by atoms with van der Waals surface area (Å²) in [5.74, 6) is -1.02. The van der Waals surface area contributed by atoms with Crippen molar-refractivity contribution < 1.29 is 14.3 Å². The van der Waals surface area contributed by atoms with Crippen molar-refractivity contribution in [3.05, 3.63) is 56.8 Å². The van der Waals surface area contributed by atoms with Crippen LogP contribution < -0.4 is 5.32 Å². The third kappa shape index (κ3) is 6.12. The van der Waals surface area contributed by atoms with E-state index in [9.17, 15) is 14.9 Å². The van der Waals surface area contributed by atoms with Gasteiger partial charge in [-0.2, -0.15) is 5.26 Å². The molecule has 0 aliphatic carbocycles. The fourth-order valence-electron chi connectivity index (χ4n) is 2.90. The molecule has 2 rings (SSSR count). The van der Waals surface area contributed by atoms with Crippen LogP contribution in [-0.2, 0) is 20.9 Å². The topological polar surface area (TPSA) is 84.1 Å². The van der Waals surface area contributed by atoms with Gasteiger partial charge < -0.3 is 14.6 Å². The minimum atomic E-state index is -0.876. The number of halogens is 2. The molecule has 0 unspecified atom stereocenters. The van der Waals surface area contributed by atoms with E-state index in [-0.39, 0.29) is 5.57 Å². The number of hydrogen-bond donors (Lipinski definition) is 1. The van der Waals surface area contributed by atoms with Crippen molar-refractivity contribution in [3.8, 4) is 6.07 Å². The lowest BCUT2D eigenvalue weighted by Gasteiger charge is -2.12. The van der Waals surface area contributed by atoms with Crippen molar-refractivity contribution in [3.63, 3.8) is 0 Å². The first-order valence-corrected chi connectivity index (χ1v) is 10.1. The van der Waals surface area contributed by atoms with E-state index in [2.05, 4.69) is 23.7 Å². The molecule has 8 heteroatoms. The predicted molar refractivity (Wildman–Crippen MR) is 118 cm³/mol. The molecule has 0 aliphatic rings. The Kier molecular flexibility index (Phi) is 8.10. The summed E-state index contributed by atoms with van der Waals surface area (Å²) in [6.07, 6.45) is 1.48. The van der Waals surface area contributed by atoms with Crippen LogP contribution in [0.15, 0.2) is 29.8 Å². The van der Waals surface area contributed by atoms with Gasteiger partial charge in [0.15, 0.2) is 6.61 Å². The molecular formula is C22H23Cl2N3O3. The number of carbonyl (C=O) groups excluding carboxylic acids is 2. The standard InChI is InChI=1S/C22H23Cl2N3O3/c1-13(2)11-27-14(3)7-16(15(27)4)8-17(10-25)22(29)30-12-21(28)26-20-9-18(23)5-6-19(20)24/h5-9,13H,11-12H2,1-4H3,(H,26,28). The van der Waals surface area contributed by atoms with Crippen LogP contribution in [0.4, 0.5) is 5.69 Å². The van der Waals surface area contributed by atoms with Gasteiger partial charge in [-0.15, -0.1) is 0 Å². The van der Waals surface area contributed by atoms with Gasteiger partial charge in [-0.3, -0.25) is 4.79 Å². The smallest absolute Gasteiger partial charge is 0.349 e. The van der Waals surface area contributed by atoms with Crippen molar-refractivity contribution >= 4 is 46.8 Å². The van der Waals surface area contributed by atoms with Gasteiger partial charge in [0.25, 0.3) is 5.91 Å². The maximum absolute atomic E-state index is 12.3. The lowest BCUT2D eigenvalue weighted by Crippen LogP contribution is -2.21. The van der Waals surface area contributed by atoms with E-state index in [0.29, 0.717) is 21.7 Å². The van der Waals surface area contributed by atoms with Crippen LogP contribution in [0.1, 0.15) is 30.8 Å². The zero-order valence-electron chi connectivity index (χ0n) is 17.3. The summed E-state index contributed by atoms with van der Waals surface area (Å²) < 4.78 is 7.13.